The maximum absolute atomic E-state index is 12.7. The molecule has 0 aromatic heterocycles. The highest BCUT2D eigenvalue weighted by Crippen LogP contribution is 2.55. The fraction of sp³-hybridized carbons (Fsp3) is 0.611. The van der Waals surface area contributed by atoms with Crippen LogP contribution in [0, 0.1) is 17.8 Å². The van der Waals surface area contributed by atoms with Gasteiger partial charge in [-0.05, 0) is 62.0 Å². The number of ether oxygens (including phenoxy) is 1. The van der Waals surface area contributed by atoms with Crippen molar-refractivity contribution in [1.82, 2.24) is 5.32 Å². The van der Waals surface area contributed by atoms with Crippen LogP contribution in [0.2, 0.25) is 0 Å². The smallest absolute Gasteiger partial charge is 0.255 e. The van der Waals surface area contributed by atoms with Gasteiger partial charge in [0.25, 0.3) is 5.91 Å². The number of methoxy groups -OCH3 is 1. The third-order valence-electron chi connectivity index (χ3n) is 6.01. The van der Waals surface area contributed by atoms with Crippen molar-refractivity contribution in [3.63, 3.8) is 0 Å². The van der Waals surface area contributed by atoms with Crippen LogP contribution < -0.4 is 15.5 Å². The second-order valence-electron chi connectivity index (χ2n) is 7.65. The first kappa shape index (κ1) is 15.1. The molecule has 4 bridgehead atoms. The molecule has 4 aliphatic rings. The Bertz CT molecular complexity index is 631. The summed E-state index contributed by atoms with van der Waals surface area (Å²) in [5, 5.41) is 13.9. The molecule has 120 valence electrons. The number of rotatable bonds is 3. The van der Waals surface area contributed by atoms with Gasteiger partial charge in [0, 0.05) is 6.04 Å². The number of carbonyl (C=O) groups excluding carboxylic acids is 1. The molecular formula is C18H22BNO3. The third-order valence-corrected chi connectivity index (χ3v) is 6.01. The molecule has 5 rings (SSSR count). The summed E-state index contributed by atoms with van der Waals surface area (Å²) in [6.45, 7) is 0. The van der Waals surface area contributed by atoms with Crippen molar-refractivity contribution >= 4 is 19.2 Å². The molecule has 1 amide bonds. The van der Waals surface area contributed by atoms with Gasteiger partial charge in [-0.15, -0.1) is 0 Å². The topological polar surface area (TPSA) is 58.6 Å². The summed E-state index contributed by atoms with van der Waals surface area (Å²) in [5.74, 6) is 1.83. The lowest BCUT2D eigenvalue weighted by atomic mass is 9.52. The fourth-order valence-electron chi connectivity index (χ4n) is 5.34. The van der Waals surface area contributed by atoms with Gasteiger partial charge in [0.05, 0.1) is 18.3 Å². The molecule has 23 heavy (non-hydrogen) atoms. The zero-order valence-corrected chi connectivity index (χ0v) is 13.4. The van der Waals surface area contributed by atoms with Crippen molar-refractivity contribution in [2.45, 2.75) is 43.7 Å². The molecule has 0 saturated heterocycles. The minimum absolute atomic E-state index is 0.105. The summed E-state index contributed by atoms with van der Waals surface area (Å²) in [5.41, 5.74) is 0.626. The van der Waals surface area contributed by atoms with Gasteiger partial charge in [-0.3, -0.25) is 4.79 Å². The van der Waals surface area contributed by atoms with E-state index in [4.69, 9.17) is 12.6 Å². The predicted molar refractivity (Wildman–Crippen MR) is 88.1 cm³/mol. The number of carbonyl (C=O) groups is 1. The number of hydrogen-bond donors (Lipinski definition) is 2. The Hall–Kier alpha value is -1.49. The van der Waals surface area contributed by atoms with Crippen LogP contribution in [0.1, 0.15) is 42.5 Å². The zero-order chi connectivity index (χ0) is 16.2. The average Bonchev–Trinajstić information content (AvgIpc) is 2.48. The van der Waals surface area contributed by atoms with Gasteiger partial charge in [-0.25, -0.2) is 0 Å². The van der Waals surface area contributed by atoms with Crippen LogP contribution in [0.4, 0.5) is 0 Å². The van der Waals surface area contributed by atoms with Crippen LogP contribution in [-0.2, 0) is 0 Å². The molecule has 4 aliphatic carbocycles. The number of aliphatic hydroxyl groups is 1. The lowest BCUT2D eigenvalue weighted by molar-refractivity contribution is -0.136. The minimum Gasteiger partial charge on any atom is -0.496 e. The van der Waals surface area contributed by atoms with Crippen LogP contribution in [0.15, 0.2) is 18.2 Å². The van der Waals surface area contributed by atoms with Gasteiger partial charge in [0.15, 0.2) is 0 Å². The van der Waals surface area contributed by atoms with Crippen molar-refractivity contribution in [3.8, 4) is 5.75 Å². The molecule has 4 saturated carbocycles. The van der Waals surface area contributed by atoms with E-state index in [1.807, 2.05) is 0 Å². The number of amides is 1. The molecule has 0 heterocycles. The van der Waals surface area contributed by atoms with E-state index >= 15 is 0 Å². The highest BCUT2D eigenvalue weighted by Gasteiger charge is 2.55. The molecule has 2 radical (unpaired) electrons. The molecule has 4 nitrogen and oxygen atoms in total. The van der Waals surface area contributed by atoms with Crippen LogP contribution in [0.3, 0.4) is 0 Å². The van der Waals surface area contributed by atoms with E-state index in [0.29, 0.717) is 34.5 Å². The molecule has 2 atom stereocenters. The summed E-state index contributed by atoms with van der Waals surface area (Å²) < 4.78 is 5.29. The Morgan fingerprint density at radius 2 is 2.00 bits per heavy atom. The average molecular weight is 311 g/mol. The third kappa shape index (κ3) is 2.55. The van der Waals surface area contributed by atoms with Crippen molar-refractivity contribution in [3.05, 3.63) is 23.8 Å². The van der Waals surface area contributed by atoms with E-state index in [-0.39, 0.29) is 11.9 Å². The molecule has 1 aromatic carbocycles. The second kappa shape index (κ2) is 5.27. The Kier molecular flexibility index (Phi) is 3.45. The predicted octanol–water partition coefficient (Wildman–Crippen LogP) is 1.16. The van der Waals surface area contributed by atoms with Crippen LogP contribution in [0.5, 0.6) is 5.75 Å². The molecule has 0 spiro atoms. The molecule has 2 unspecified atom stereocenters. The lowest BCUT2D eigenvalue weighted by Gasteiger charge is -2.58. The molecule has 2 N–H and O–H groups in total. The largest absolute Gasteiger partial charge is 0.496 e. The van der Waals surface area contributed by atoms with E-state index in [1.165, 1.54) is 0 Å². The summed E-state index contributed by atoms with van der Waals surface area (Å²) in [7, 11) is 7.30. The molecular weight excluding hydrogens is 289 g/mol. The summed E-state index contributed by atoms with van der Waals surface area (Å²) in [4.78, 5) is 12.7. The molecule has 5 heteroatoms. The van der Waals surface area contributed by atoms with Crippen LogP contribution in [0.25, 0.3) is 0 Å². The quantitative estimate of drug-likeness (QED) is 0.824. The first-order valence-electron chi connectivity index (χ1n) is 8.44. The molecule has 0 aliphatic heterocycles. The standard InChI is InChI=1S/C18H22BNO3/c1-23-15-6-13(19)2-3-14(15)17(21)20-16-11-4-10-5-12(16)9-18(22,7-10)8-11/h2-3,6,10-12,16,22H,4-5,7-9H2,1H3,(H,20,21). The van der Waals surface area contributed by atoms with Gasteiger partial charge in [-0.2, -0.15) is 0 Å². The Morgan fingerprint density at radius 3 is 2.61 bits per heavy atom. The number of benzene rings is 1. The summed E-state index contributed by atoms with van der Waals surface area (Å²) >= 11 is 0. The van der Waals surface area contributed by atoms with Crippen molar-refractivity contribution < 1.29 is 14.6 Å². The lowest BCUT2D eigenvalue weighted by Crippen LogP contribution is -2.61. The summed E-state index contributed by atoms with van der Waals surface area (Å²) in [6.07, 6.45) is 4.85. The first-order chi connectivity index (χ1) is 11.0. The van der Waals surface area contributed by atoms with E-state index in [1.54, 1.807) is 25.3 Å². The van der Waals surface area contributed by atoms with Gasteiger partial charge in [-0.1, -0.05) is 11.5 Å². The number of hydrogen-bond acceptors (Lipinski definition) is 3. The Labute approximate surface area is 138 Å². The maximum Gasteiger partial charge on any atom is 0.255 e. The van der Waals surface area contributed by atoms with E-state index in [9.17, 15) is 9.90 Å². The first-order valence-corrected chi connectivity index (χ1v) is 8.44. The number of nitrogens with one attached hydrogen (secondary N) is 1. The van der Waals surface area contributed by atoms with Gasteiger partial charge in [0.1, 0.15) is 13.6 Å². The minimum atomic E-state index is -0.476. The van der Waals surface area contributed by atoms with Gasteiger partial charge < -0.3 is 15.2 Å². The second-order valence-corrected chi connectivity index (χ2v) is 7.65. The Morgan fingerprint density at radius 1 is 1.30 bits per heavy atom. The van der Waals surface area contributed by atoms with E-state index in [2.05, 4.69) is 5.32 Å². The van der Waals surface area contributed by atoms with E-state index in [0.717, 1.165) is 32.1 Å². The summed E-state index contributed by atoms with van der Waals surface area (Å²) in [6, 6.07) is 5.28. The Balaban J connectivity index is 1.54. The molecule has 4 fully saturated rings. The van der Waals surface area contributed by atoms with Crippen LogP contribution >= 0.6 is 0 Å². The van der Waals surface area contributed by atoms with Crippen LogP contribution in [-0.4, -0.2) is 37.6 Å². The van der Waals surface area contributed by atoms with Crippen molar-refractivity contribution in [1.29, 1.82) is 0 Å². The maximum atomic E-state index is 12.7. The van der Waals surface area contributed by atoms with Crippen molar-refractivity contribution in [2.75, 3.05) is 7.11 Å². The van der Waals surface area contributed by atoms with Gasteiger partial charge >= 0.3 is 0 Å². The monoisotopic (exact) mass is 311 g/mol. The zero-order valence-electron chi connectivity index (χ0n) is 13.4. The highest BCUT2D eigenvalue weighted by molar-refractivity contribution is 6.32. The normalized spacial score (nSPS) is 37.7. The molecule has 1 aromatic rings. The SMILES string of the molecule is [B]c1ccc(C(=O)NC2C3CC4CC2CC(O)(C4)C3)c(OC)c1. The van der Waals surface area contributed by atoms with Gasteiger partial charge in [0.2, 0.25) is 0 Å². The van der Waals surface area contributed by atoms with Crippen molar-refractivity contribution in [2.24, 2.45) is 17.8 Å². The highest BCUT2D eigenvalue weighted by atomic mass is 16.5. The fourth-order valence-corrected chi connectivity index (χ4v) is 5.34. The van der Waals surface area contributed by atoms with E-state index < -0.39 is 5.60 Å².